The van der Waals surface area contributed by atoms with Crippen molar-refractivity contribution in [3.8, 4) is 0 Å². The quantitative estimate of drug-likeness (QED) is 0.517. The average Bonchev–Trinajstić information content (AvgIpc) is 2.00. The van der Waals surface area contributed by atoms with E-state index in [1.165, 1.54) is 19.3 Å². The molecule has 1 heteroatoms. The lowest BCUT2D eigenvalue weighted by molar-refractivity contribution is 0.246. The zero-order chi connectivity index (χ0) is 8.27. The lowest BCUT2D eigenvalue weighted by Crippen LogP contribution is -2.30. The Kier molecular flexibility index (Phi) is 2.98. The Morgan fingerprint density at radius 3 is 2.82 bits per heavy atom. The Morgan fingerprint density at radius 2 is 2.09 bits per heavy atom. The molecule has 1 rings (SSSR count). The van der Waals surface area contributed by atoms with E-state index < -0.39 is 0 Å². The first-order valence-electron chi connectivity index (χ1n) is 4.60. The van der Waals surface area contributed by atoms with Crippen LogP contribution in [-0.2, 0) is 0 Å². The summed E-state index contributed by atoms with van der Waals surface area (Å²) in [5.41, 5.74) is 0. The molecule has 0 aromatic carbocycles. The smallest absolute Gasteiger partial charge is 0.0278 e. The molecule has 0 bridgehead atoms. The minimum atomic E-state index is 0.701. The summed E-state index contributed by atoms with van der Waals surface area (Å²) in [5, 5.41) is 0. The van der Waals surface area contributed by atoms with Crippen LogP contribution in [0.1, 0.15) is 33.1 Å². The Balaban J connectivity index is 2.57. The summed E-state index contributed by atoms with van der Waals surface area (Å²) < 4.78 is 0. The average molecular weight is 153 g/mol. The van der Waals surface area contributed by atoms with E-state index in [1.807, 2.05) is 0 Å². The number of hydrogen-bond acceptors (Lipinski definition) is 1. The summed E-state index contributed by atoms with van der Waals surface area (Å²) >= 11 is 0. The van der Waals surface area contributed by atoms with Crippen molar-refractivity contribution in [2.24, 2.45) is 5.92 Å². The molecule has 1 nitrogen and oxygen atoms in total. The maximum atomic E-state index is 2.35. The van der Waals surface area contributed by atoms with Crippen LogP contribution in [0.25, 0.3) is 0 Å². The molecule has 1 aliphatic rings. The van der Waals surface area contributed by atoms with Crippen molar-refractivity contribution in [2.45, 2.75) is 39.2 Å². The molecule has 1 aliphatic heterocycles. The van der Waals surface area contributed by atoms with Crippen molar-refractivity contribution in [3.05, 3.63) is 12.3 Å². The van der Waals surface area contributed by atoms with Gasteiger partial charge in [0.2, 0.25) is 0 Å². The van der Waals surface area contributed by atoms with Gasteiger partial charge in [-0.1, -0.05) is 13.0 Å². The van der Waals surface area contributed by atoms with Crippen molar-refractivity contribution in [2.75, 3.05) is 7.05 Å². The molecule has 0 aromatic rings. The summed E-state index contributed by atoms with van der Waals surface area (Å²) in [6.45, 7) is 4.65. The van der Waals surface area contributed by atoms with E-state index in [0.717, 1.165) is 5.92 Å². The van der Waals surface area contributed by atoms with Crippen LogP contribution in [-0.4, -0.2) is 18.0 Å². The minimum absolute atomic E-state index is 0.701. The van der Waals surface area contributed by atoms with Gasteiger partial charge >= 0.3 is 0 Å². The van der Waals surface area contributed by atoms with Crippen LogP contribution in [0.15, 0.2) is 12.3 Å². The fourth-order valence-electron chi connectivity index (χ4n) is 1.58. The first kappa shape index (κ1) is 8.63. The molecule has 0 saturated heterocycles. The molecular weight excluding hydrogens is 134 g/mol. The van der Waals surface area contributed by atoms with E-state index in [1.54, 1.807) is 0 Å². The van der Waals surface area contributed by atoms with Gasteiger partial charge in [0, 0.05) is 13.1 Å². The molecule has 2 atom stereocenters. The van der Waals surface area contributed by atoms with Crippen LogP contribution in [0.3, 0.4) is 0 Å². The third-order valence-corrected chi connectivity index (χ3v) is 2.84. The molecule has 0 radical (unpaired) electrons. The maximum Gasteiger partial charge on any atom is 0.0278 e. The van der Waals surface area contributed by atoms with Crippen LogP contribution >= 0.6 is 0 Å². The third kappa shape index (κ3) is 2.25. The molecular formula is C10H19N. The van der Waals surface area contributed by atoms with Gasteiger partial charge in [0.05, 0.1) is 0 Å². The summed E-state index contributed by atoms with van der Waals surface area (Å²) in [7, 11) is 2.17. The Hall–Kier alpha value is -0.460. The standard InChI is InChI=1S/C10H19N/c1-9-7-5-4-6-8-11(3)10(9)2/h6,8-10H,4-5,7H2,1-3H3/b8-6-. The molecule has 0 saturated carbocycles. The highest BCUT2D eigenvalue weighted by Gasteiger charge is 2.15. The van der Waals surface area contributed by atoms with E-state index in [9.17, 15) is 0 Å². The maximum absolute atomic E-state index is 2.35. The summed E-state index contributed by atoms with van der Waals surface area (Å²) in [5.74, 6) is 0.838. The van der Waals surface area contributed by atoms with Gasteiger partial charge in [0.25, 0.3) is 0 Å². The van der Waals surface area contributed by atoms with Crippen molar-refractivity contribution in [1.29, 1.82) is 0 Å². The zero-order valence-corrected chi connectivity index (χ0v) is 7.88. The van der Waals surface area contributed by atoms with E-state index in [2.05, 4.69) is 38.1 Å². The van der Waals surface area contributed by atoms with Crippen LogP contribution < -0.4 is 0 Å². The van der Waals surface area contributed by atoms with Crippen LogP contribution in [0.2, 0.25) is 0 Å². The molecule has 1 heterocycles. The SMILES string of the molecule is CC1CCC/C=C\N(C)C1C. The van der Waals surface area contributed by atoms with Crippen molar-refractivity contribution in [3.63, 3.8) is 0 Å². The largest absolute Gasteiger partial charge is 0.378 e. The summed E-state index contributed by atoms with van der Waals surface area (Å²) in [6, 6.07) is 0.701. The second kappa shape index (κ2) is 3.80. The molecule has 2 unspecified atom stereocenters. The molecule has 0 amide bonds. The van der Waals surface area contributed by atoms with E-state index >= 15 is 0 Å². The minimum Gasteiger partial charge on any atom is -0.378 e. The highest BCUT2D eigenvalue weighted by atomic mass is 15.1. The molecule has 0 aromatic heterocycles. The predicted octanol–water partition coefficient (Wildman–Crippen LogP) is 2.64. The Morgan fingerprint density at radius 1 is 1.36 bits per heavy atom. The van der Waals surface area contributed by atoms with Gasteiger partial charge in [-0.25, -0.2) is 0 Å². The second-order valence-electron chi connectivity index (χ2n) is 3.70. The summed E-state index contributed by atoms with van der Waals surface area (Å²) in [6.07, 6.45) is 8.48. The lowest BCUT2D eigenvalue weighted by atomic mass is 9.95. The fourth-order valence-corrected chi connectivity index (χ4v) is 1.58. The first-order chi connectivity index (χ1) is 5.22. The Bertz CT molecular complexity index is 140. The number of allylic oxidation sites excluding steroid dienone is 1. The highest BCUT2D eigenvalue weighted by molar-refractivity contribution is 4.87. The van der Waals surface area contributed by atoms with Crippen LogP contribution in [0.4, 0.5) is 0 Å². The normalized spacial score (nSPS) is 36.1. The topological polar surface area (TPSA) is 3.24 Å². The van der Waals surface area contributed by atoms with Crippen molar-refractivity contribution < 1.29 is 0 Å². The van der Waals surface area contributed by atoms with Gasteiger partial charge in [0.15, 0.2) is 0 Å². The molecule has 11 heavy (non-hydrogen) atoms. The lowest BCUT2D eigenvalue weighted by Gasteiger charge is -2.30. The zero-order valence-electron chi connectivity index (χ0n) is 7.88. The number of hydrogen-bond donors (Lipinski definition) is 0. The second-order valence-corrected chi connectivity index (χ2v) is 3.70. The van der Waals surface area contributed by atoms with Gasteiger partial charge in [-0.2, -0.15) is 0 Å². The van der Waals surface area contributed by atoms with Crippen molar-refractivity contribution in [1.82, 2.24) is 4.90 Å². The monoisotopic (exact) mass is 153 g/mol. The Labute approximate surface area is 70.1 Å². The molecule has 64 valence electrons. The van der Waals surface area contributed by atoms with Crippen LogP contribution in [0.5, 0.6) is 0 Å². The highest BCUT2D eigenvalue weighted by Crippen LogP contribution is 2.19. The van der Waals surface area contributed by atoms with E-state index in [0.29, 0.717) is 6.04 Å². The fraction of sp³-hybridized carbons (Fsp3) is 0.800. The van der Waals surface area contributed by atoms with Gasteiger partial charge in [-0.15, -0.1) is 0 Å². The van der Waals surface area contributed by atoms with Crippen molar-refractivity contribution >= 4 is 0 Å². The van der Waals surface area contributed by atoms with E-state index in [-0.39, 0.29) is 0 Å². The van der Waals surface area contributed by atoms with Gasteiger partial charge in [-0.3, -0.25) is 0 Å². The number of nitrogens with zero attached hydrogens (tertiary/aromatic N) is 1. The molecule has 0 aliphatic carbocycles. The molecule has 0 spiro atoms. The van der Waals surface area contributed by atoms with E-state index in [4.69, 9.17) is 0 Å². The van der Waals surface area contributed by atoms with Gasteiger partial charge < -0.3 is 4.90 Å². The predicted molar refractivity (Wildman–Crippen MR) is 49.4 cm³/mol. The van der Waals surface area contributed by atoms with Gasteiger partial charge in [-0.05, 0) is 38.3 Å². The van der Waals surface area contributed by atoms with Gasteiger partial charge in [0.1, 0.15) is 0 Å². The number of rotatable bonds is 0. The molecule has 0 N–H and O–H groups in total. The van der Waals surface area contributed by atoms with Crippen LogP contribution in [0, 0.1) is 5.92 Å². The summed E-state index contributed by atoms with van der Waals surface area (Å²) in [4.78, 5) is 2.32. The first-order valence-corrected chi connectivity index (χ1v) is 4.60. The molecule has 0 fully saturated rings. The third-order valence-electron chi connectivity index (χ3n) is 2.84.